The molecule has 1 heterocycles. The normalized spacial score (nSPS) is 20.2. The lowest BCUT2D eigenvalue weighted by Gasteiger charge is -2.26. The monoisotopic (exact) mass is 245 g/mol. The van der Waals surface area contributed by atoms with Gasteiger partial charge in [0.2, 0.25) is 5.56 Å². The summed E-state index contributed by atoms with van der Waals surface area (Å²) in [4.78, 5) is 22.9. The average Bonchev–Trinajstić information content (AvgIpc) is 2.22. The molecule has 0 unspecified atom stereocenters. The topological polar surface area (TPSA) is 39.1 Å². The van der Waals surface area contributed by atoms with Gasteiger partial charge in [-0.3, -0.25) is 9.59 Å². The fourth-order valence-corrected chi connectivity index (χ4v) is 2.05. The second kappa shape index (κ2) is 3.72. The van der Waals surface area contributed by atoms with Crippen LogP contribution in [0.3, 0.4) is 0 Å². The Kier molecular flexibility index (Phi) is 2.60. The second-order valence-corrected chi connectivity index (χ2v) is 4.16. The number of carbonyl (C=O) groups is 1. The van der Waals surface area contributed by atoms with Gasteiger partial charge in [-0.1, -0.05) is 0 Å². The van der Waals surface area contributed by atoms with E-state index >= 15 is 0 Å². The highest BCUT2D eigenvalue weighted by molar-refractivity contribution is 5.98. The van der Waals surface area contributed by atoms with Crippen molar-refractivity contribution in [1.29, 1.82) is 0 Å². The van der Waals surface area contributed by atoms with Crippen LogP contribution in [0.5, 0.6) is 0 Å². The maximum atomic E-state index is 12.6. The number of rotatable bonds is 0. The van der Waals surface area contributed by atoms with Crippen LogP contribution in [-0.4, -0.2) is 16.5 Å². The minimum atomic E-state index is -4.40. The molecule has 0 aromatic carbocycles. The predicted molar refractivity (Wildman–Crippen MR) is 53.9 cm³/mol. The number of alkyl halides is 3. The molecular weight excluding hydrogens is 235 g/mol. The van der Waals surface area contributed by atoms with Gasteiger partial charge in [-0.05, 0) is 6.07 Å². The van der Waals surface area contributed by atoms with Crippen molar-refractivity contribution in [3.63, 3.8) is 0 Å². The molecular formula is C11H10F3NO2. The Labute approximate surface area is 94.9 Å². The molecule has 0 aliphatic heterocycles. The van der Waals surface area contributed by atoms with Gasteiger partial charge in [-0.2, -0.15) is 13.2 Å². The number of ketones is 1. The van der Waals surface area contributed by atoms with Crippen molar-refractivity contribution in [2.75, 3.05) is 0 Å². The number of hydrogen-bond acceptors (Lipinski definition) is 2. The van der Waals surface area contributed by atoms with Crippen LogP contribution >= 0.6 is 0 Å². The van der Waals surface area contributed by atoms with E-state index in [9.17, 15) is 22.8 Å². The minimum Gasteiger partial charge on any atom is -0.315 e. The number of hydrogen-bond donors (Lipinski definition) is 0. The van der Waals surface area contributed by atoms with Crippen LogP contribution in [-0.2, 0) is 13.5 Å². The summed E-state index contributed by atoms with van der Waals surface area (Å²) in [5, 5.41) is 0. The van der Waals surface area contributed by atoms with E-state index in [4.69, 9.17) is 0 Å². The molecule has 0 bridgehead atoms. The fourth-order valence-electron chi connectivity index (χ4n) is 2.05. The van der Waals surface area contributed by atoms with Crippen LogP contribution in [0, 0.1) is 5.92 Å². The number of fused-ring (bicyclic) bond motifs is 1. The van der Waals surface area contributed by atoms with Gasteiger partial charge in [0, 0.05) is 37.2 Å². The molecule has 0 saturated heterocycles. The van der Waals surface area contributed by atoms with Crippen LogP contribution in [0.2, 0.25) is 0 Å². The summed E-state index contributed by atoms with van der Waals surface area (Å²) < 4.78 is 38.9. The Morgan fingerprint density at radius 3 is 2.47 bits per heavy atom. The van der Waals surface area contributed by atoms with Crippen molar-refractivity contribution in [1.82, 2.24) is 4.57 Å². The van der Waals surface area contributed by atoms with Crippen LogP contribution in [0.25, 0.3) is 0 Å². The molecule has 0 spiro atoms. The average molecular weight is 245 g/mol. The molecule has 3 nitrogen and oxygen atoms in total. The van der Waals surface area contributed by atoms with Gasteiger partial charge in [0.15, 0.2) is 5.78 Å². The first-order valence-corrected chi connectivity index (χ1v) is 5.09. The van der Waals surface area contributed by atoms with Crippen LogP contribution in [0.4, 0.5) is 13.2 Å². The van der Waals surface area contributed by atoms with Gasteiger partial charge in [0.05, 0.1) is 5.92 Å². The molecule has 0 N–H and O–H groups in total. The molecule has 0 radical (unpaired) electrons. The van der Waals surface area contributed by atoms with E-state index in [0.717, 1.165) is 4.57 Å². The van der Waals surface area contributed by atoms with E-state index in [1.165, 1.54) is 19.2 Å². The Hall–Kier alpha value is -1.59. The maximum absolute atomic E-state index is 12.6. The van der Waals surface area contributed by atoms with E-state index in [2.05, 4.69) is 0 Å². The standard InChI is InChI=1S/C11H10F3NO2/c1-15-8-4-6(11(12,13)14)5-9(16)7(8)2-3-10(15)17/h2-3,6H,4-5H2,1H3/t6-/m0/s1. The fraction of sp³-hybridized carbons (Fsp3) is 0.455. The highest BCUT2D eigenvalue weighted by atomic mass is 19.4. The molecule has 0 saturated carbocycles. The van der Waals surface area contributed by atoms with Crippen molar-refractivity contribution in [3.8, 4) is 0 Å². The van der Waals surface area contributed by atoms with Gasteiger partial charge in [-0.15, -0.1) is 0 Å². The third-order valence-electron chi connectivity index (χ3n) is 3.07. The number of aromatic nitrogens is 1. The molecule has 1 atom stereocenters. The van der Waals surface area contributed by atoms with Crippen LogP contribution in [0.15, 0.2) is 16.9 Å². The SMILES string of the molecule is Cn1c2c(ccc1=O)C(=O)C[C@@H](C(F)(F)F)C2. The summed E-state index contributed by atoms with van der Waals surface area (Å²) in [7, 11) is 1.38. The molecule has 1 aromatic rings. The number of pyridine rings is 1. The number of carbonyl (C=O) groups excluding carboxylic acids is 1. The Morgan fingerprint density at radius 1 is 1.24 bits per heavy atom. The van der Waals surface area contributed by atoms with Crippen molar-refractivity contribution < 1.29 is 18.0 Å². The molecule has 1 aromatic heterocycles. The van der Waals surface area contributed by atoms with Gasteiger partial charge in [-0.25, -0.2) is 0 Å². The molecule has 1 aliphatic rings. The number of halogens is 3. The van der Waals surface area contributed by atoms with Gasteiger partial charge in [0.25, 0.3) is 0 Å². The zero-order chi connectivity index (χ0) is 12.8. The molecule has 0 fully saturated rings. The summed E-state index contributed by atoms with van der Waals surface area (Å²) in [6.07, 6.45) is -5.24. The third-order valence-corrected chi connectivity index (χ3v) is 3.07. The van der Waals surface area contributed by atoms with E-state index in [0.29, 0.717) is 0 Å². The van der Waals surface area contributed by atoms with Gasteiger partial charge < -0.3 is 4.57 Å². The predicted octanol–water partition coefficient (Wildman–Crippen LogP) is 1.69. The first-order valence-electron chi connectivity index (χ1n) is 5.09. The minimum absolute atomic E-state index is 0.177. The summed E-state index contributed by atoms with van der Waals surface area (Å²) in [6.45, 7) is 0. The summed E-state index contributed by atoms with van der Waals surface area (Å²) in [5.74, 6) is -2.24. The van der Waals surface area contributed by atoms with E-state index in [1.807, 2.05) is 0 Å². The van der Waals surface area contributed by atoms with E-state index < -0.39 is 29.9 Å². The quantitative estimate of drug-likeness (QED) is 0.697. The Bertz CT molecular complexity index is 530. The smallest absolute Gasteiger partial charge is 0.315 e. The van der Waals surface area contributed by atoms with Crippen LogP contribution < -0.4 is 5.56 Å². The highest BCUT2D eigenvalue weighted by Crippen LogP contribution is 2.36. The summed E-state index contributed by atoms with van der Waals surface area (Å²) in [6, 6.07) is 2.51. The van der Waals surface area contributed by atoms with Crippen molar-refractivity contribution >= 4 is 5.78 Å². The highest BCUT2D eigenvalue weighted by Gasteiger charge is 2.44. The summed E-state index contributed by atoms with van der Waals surface area (Å²) >= 11 is 0. The van der Waals surface area contributed by atoms with E-state index in [-0.39, 0.29) is 17.7 Å². The van der Waals surface area contributed by atoms with Gasteiger partial charge in [0.1, 0.15) is 0 Å². The Morgan fingerprint density at radius 2 is 1.88 bits per heavy atom. The van der Waals surface area contributed by atoms with Crippen molar-refractivity contribution in [2.45, 2.75) is 19.0 Å². The zero-order valence-corrected chi connectivity index (χ0v) is 9.04. The third kappa shape index (κ3) is 1.99. The summed E-state index contributed by atoms with van der Waals surface area (Å²) in [5.41, 5.74) is 0.00282. The lowest BCUT2D eigenvalue weighted by atomic mass is 9.85. The molecule has 1 aliphatic carbocycles. The Balaban J connectivity index is 2.52. The van der Waals surface area contributed by atoms with E-state index in [1.54, 1.807) is 0 Å². The van der Waals surface area contributed by atoms with Crippen molar-refractivity contribution in [2.24, 2.45) is 13.0 Å². The lowest BCUT2D eigenvalue weighted by Crippen LogP contribution is -2.35. The first kappa shape index (κ1) is 11.9. The second-order valence-electron chi connectivity index (χ2n) is 4.16. The molecule has 2 rings (SSSR count). The molecule has 0 amide bonds. The lowest BCUT2D eigenvalue weighted by molar-refractivity contribution is -0.174. The first-order chi connectivity index (χ1) is 7.80. The largest absolute Gasteiger partial charge is 0.392 e. The van der Waals surface area contributed by atoms with Crippen LogP contribution in [0.1, 0.15) is 22.5 Å². The van der Waals surface area contributed by atoms with Crippen molar-refractivity contribution in [3.05, 3.63) is 33.7 Å². The molecule has 6 heteroatoms. The number of nitrogens with zero attached hydrogens (tertiary/aromatic N) is 1. The zero-order valence-electron chi connectivity index (χ0n) is 9.04. The molecule has 92 valence electrons. The number of Topliss-reactive ketones (excluding diaryl/α,β-unsaturated/α-hetero) is 1. The maximum Gasteiger partial charge on any atom is 0.392 e. The molecule has 17 heavy (non-hydrogen) atoms. The van der Waals surface area contributed by atoms with Gasteiger partial charge >= 0.3 is 6.18 Å².